The quantitative estimate of drug-likeness (QED) is 0.0320. The maximum atomic E-state index is 12.6. The molecule has 0 saturated carbocycles. The van der Waals surface area contributed by atoms with Crippen LogP contribution in [0.5, 0.6) is 0 Å². The van der Waals surface area contributed by atoms with Crippen molar-refractivity contribution in [1.82, 2.24) is 5.32 Å². The predicted molar refractivity (Wildman–Crippen MR) is 380 cm³/mol. The Morgan fingerprint density at radius 1 is 0.326 bits per heavy atom. The molecule has 6 heteroatoms. The van der Waals surface area contributed by atoms with Crippen molar-refractivity contribution >= 4 is 11.9 Å². The Bertz CT molecular complexity index is 1350. The monoisotopic (exact) mass is 1210 g/mol. The molecule has 2 atom stereocenters. The molecule has 0 aliphatic carbocycles. The number of nitrogens with one attached hydrogen (secondary N) is 1. The van der Waals surface area contributed by atoms with E-state index in [2.05, 4.69) is 43.5 Å². The summed E-state index contributed by atoms with van der Waals surface area (Å²) in [5.41, 5.74) is 0. The summed E-state index contributed by atoms with van der Waals surface area (Å²) in [6.45, 7) is 5.01. The van der Waals surface area contributed by atoms with Gasteiger partial charge >= 0.3 is 5.97 Å². The summed E-state index contributed by atoms with van der Waals surface area (Å²) in [6, 6.07) is -0.541. The summed E-state index contributed by atoms with van der Waals surface area (Å²) in [5, 5.41) is 23.5. The van der Waals surface area contributed by atoms with Crippen molar-refractivity contribution < 1.29 is 24.5 Å². The van der Waals surface area contributed by atoms with Gasteiger partial charge in [0.15, 0.2) is 0 Å². The lowest BCUT2D eigenvalue weighted by Gasteiger charge is -2.22. The van der Waals surface area contributed by atoms with Gasteiger partial charge in [-0.05, 0) is 57.8 Å². The Morgan fingerprint density at radius 3 is 0.884 bits per heavy atom. The maximum absolute atomic E-state index is 12.6. The summed E-state index contributed by atoms with van der Waals surface area (Å²) >= 11 is 0. The van der Waals surface area contributed by atoms with Crippen molar-refractivity contribution in [1.29, 1.82) is 0 Å². The van der Waals surface area contributed by atoms with Crippen LogP contribution in [0.1, 0.15) is 450 Å². The first-order valence-corrected chi connectivity index (χ1v) is 39.6. The third kappa shape index (κ3) is 71.4. The number of unbranched alkanes of at least 4 members (excludes halogenated alkanes) is 60. The van der Waals surface area contributed by atoms with E-state index < -0.39 is 12.1 Å². The van der Waals surface area contributed by atoms with Gasteiger partial charge < -0.3 is 20.3 Å². The number of allylic oxidation sites excluding steroid dienone is 4. The molecule has 86 heavy (non-hydrogen) atoms. The number of hydrogen-bond donors (Lipinski definition) is 3. The molecule has 0 aromatic rings. The van der Waals surface area contributed by atoms with E-state index in [-0.39, 0.29) is 18.5 Å². The highest BCUT2D eigenvalue weighted by atomic mass is 16.5. The minimum Gasteiger partial charge on any atom is -0.466 e. The number of aliphatic hydroxyl groups excluding tert-OH is 2. The van der Waals surface area contributed by atoms with Crippen LogP contribution in [-0.4, -0.2) is 47.4 Å². The average Bonchev–Trinajstić information content (AvgIpc) is 3.52. The molecule has 0 rings (SSSR count). The number of rotatable bonds is 75. The lowest BCUT2D eigenvalue weighted by molar-refractivity contribution is -0.143. The van der Waals surface area contributed by atoms with Gasteiger partial charge in [0.2, 0.25) is 5.91 Å². The zero-order valence-corrected chi connectivity index (χ0v) is 58.6. The number of amides is 1. The fourth-order valence-corrected chi connectivity index (χ4v) is 12.7. The second-order valence-electron chi connectivity index (χ2n) is 27.4. The number of carbonyl (C=O) groups excluding carboxylic acids is 2. The minimum atomic E-state index is -0.664. The van der Waals surface area contributed by atoms with Crippen LogP contribution in [0.25, 0.3) is 0 Å². The topological polar surface area (TPSA) is 95.9 Å². The van der Waals surface area contributed by atoms with Crippen LogP contribution in [0.2, 0.25) is 0 Å². The van der Waals surface area contributed by atoms with E-state index in [0.717, 1.165) is 44.9 Å². The third-order valence-electron chi connectivity index (χ3n) is 18.8. The van der Waals surface area contributed by atoms with Gasteiger partial charge in [0, 0.05) is 12.8 Å². The van der Waals surface area contributed by atoms with Crippen molar-refractivity contribution in [2.45, 2.75) is 463 Å². The van der Waals surface area contributed by atoms with E-state index in [1.165, 1.54) is 372 Å². The Labute approximate surface area is 539 Å². The van der Waals surface area contributed by atoms with Gasteiger partial charge in [0.25, 0.3) is 0 Å². The Hall–Kier alpha value is -1.66. The maximum Gasteiger partial charge on any atom is 0.305 e. The van der Waals surface area contributed by atoms with Crippen molar-refractivity contribution in [2.24, 2.45) is 0 Å². The first-order chi connectivity index (χ1) is 42.5. The molecular formula is C80H155NO5. The molecule has 3 N–H and O–H groups in total. The van der Waals surface area contributed by atoms with Gasteiger partial charge in [-0.3, -0.25) is 9.59 Å². The van der Waals surface area contributed by atoms with E-state index in [1.54, 1.807) is 0 Å². The molecule has 0 aromatic heterocycles. The van der Waals surface area contributed by atoms with Crippen molar-refractivity contribution in [2.75, 3.05) is 13.2 Å². The smallest absolute Gasteiger partial charge is 0.305 e. The largest absolute Gasteiger partial charge is 0.466 e. The second-order valence-corrected chi connectivity index (χ2v) is 27.4. The molecule has 2 unspecified atom stereocenters. The van der Waals surface area contributed by atoms with E-state index in [9.17, 15) is 19.8 Å². The summed E-state index contributed by atoms with van der Waals surface area (Å²) in [5.74, 6) is -0.00972. The molecule has 0 aliphatic rings. The van der Waals surface area contributed by atoms with Crippen LogP contribution in [0, 0.1) is 0 Å². The molecule has 510 valence electrons. The normalized spacial score (nSPS) is 12.6. The molecule has 6 nitrogen and oxygen atoms in total. The lowest BCUT2D eigenvalue weighted by Crippen LogP contribution is -2.45. The summed E-state index contributed by atoms with van der Waals surface area (Å²) in [4.78, 5) is 24.6. The van der Waals surface area contributed by atoms with Crippen LogP contribution < -0.4 is 5.32 Å². The summed E-state index contributed by atoms with van der Waals surface area (Å²) < 4.78 is 5.50. The predicted octanol–water partition coefficient (Wildman–Crippen LogP) is 26.0. The number of carbonyl (C=O) groups is 2. The van der Waals surface area contributed by atoms with E-state index >= 15 is 0 Å². The summed E-state index contributed by atoms with van der Waals surface area (Å²) in [6.07, 6.45) is 96.9. The van der Waals surface area contributed by atoms with Gasteiger partial charge in [-0.1, -0.05) is 404 Å². The van der Waals surface area contributed by atoms with E-state index in [0.29, 0.717) is 25.9 Å². The van der Waals surface area contributed by atoms with Gasteiger partial charge in [-0.25, -0.2) is 0 Å². The molecule has 0 bridgehead atoms. The van der Waals surface area contributed by atoms with Crippen molar-refractivity contribution in [3.8, 4) is 0 Å². The van der Waals surface area contributed by atoms with Crippen LogP contribution in [0.4, 0.5) is 0 Å². The first kappa shape index (κ1) is 84.3. The molecule has 0 spiro atoms. The Kier molecular flexibility index (Phi) is 74.3. The van der Waals surface area contributed by atoms with Crippen molar-refractivity contribution in [3.05, 3.63) is 24.3 Å². The van der Waals surface area contributed by atoms with Crippen LogP contribution >= 0.6 is 0 Å². The van der Waals surface area contributed by atoms with Crippen LogP contribution in [0.3, 0.4) is 0 Å². The average molecular weight is 1210 g/mol. The minimum absolute atomic E-state index is 0.0181. The highest BCUT2D eigenvalue weighted by molar-refractivity contribution is 5.76. The Balaban J connectivity index is 3.37. The second kappa shape index (κ2) is 75.8. The first-order valence-electron chi connectivity index (χ1n) is 39.6. The number of ether oxygens (including phenoxy) is 1. The van der Waals surface area contributed by atoms with Crippen LogP contribution in [-0.2, 0) is 14.3 Å². The van der Waals surface area contributed by atoms with Gasteiger partial charge in [0.1, 0.15) is 0 Å². The zero-order valence-electron chi connectivity index (χ0n) is 58.6. The summed E-state index contributed by atoms with van der Waals surface area (Å²) in [7, 11) is 0. The molecular weight excluding hydrogens is 1050 g/mol. The molecule has 0 saturated heterocycles. The molecule has 0 fully saturated rings. The van der Waals surface area contributed by atoms with E-state index in [4.69, 9.17) is 4.74 Å². The van der Waals surface area contributed by atoms with Crippen molar-refractivity contribution in [3.63, 3.8) is 0 Å². The third-order valence-corrected chi connectivity index (χ3v) is 18.8. The molecule has 0 radical (unpaired) electrons. The molecule has 0 aliphatic heterocycles. The van der Waals surface area contributed by atoms with Gasteiger partial charge in [0.05, 0.1) is 25.4 Å². The van der Waals surface area contributed by atoms with Gasteiger partial charge in [-0.15, -0.1) is 0 Å². The highest BCUT2D eigenvalue weighted by Crippen LogP contribution is 2.20. The van der Waals surface area contributed by atoms with Crippen LogP contribution in [0.15, 0.2) is 24.3 Å². The number of hydrogen-bond acceptors (Lipinski definition) is 5. The van der Waals surface area contributed by atoms with Gasteiger partial charge in [-0.2, -0.15) is 0 Å². The fraction of sp³-hybridized carbons (Fsp3) is 0.925. The number of aliphatic hydroxyl groups is 2. The molecule has 1 amide bonds. The van der Waals surface area contributed by atoms with E-state index in [1.807, 2.05) is 0 Å². The zero-order chi connectivity index (χ0) is 62.0. The highest BCUT2D eigenvalue weighted by Gasteiger charge is 2.20. The molecule has 0 aromatic carbocycles. The lowest BCUT2D eigenvalue weighted by atomic mass is 10.0. The number of esters is 1. The molecule has 0 heterocycles. The fourth-order valence-electron chi connectivity index (χ4n) is 12.7. The SMILES string of the molecule is CCCCCCCCCCCCCCCCCCCCCCCC(O)C(CO)NC(=O)CCCCCCCCCCCCCCCCCCC/C=C\C/C=C\CCCCCCCCCCCOC(=O)CCCCCCCCCCCCCCCCC. The Morgan fingerprint density at radius 2 is 0.581 bits per heavy atom. The standard InChI is InChI=1S/C80H155NO5/c1-3-5-7-9-11-13-15-17-19-20-21-35-38-41-45-48-52-56-60-64-68-72-78(83)77(76-82)81-79(84)73-69-65-61-57-53-49-46-42-39-36-33-31-29-27-25-23-22-24-26-28-30-32-34-37-40-43-47-51-55-59-63-67-71-75-86-80(85)74-70-66-62-58-54-50-44-18-16-14-12-10-8-6-4-2/h26,28,32,34,77-78,82-83H,3-25,27,29-31,33,35-76H2,1-2H3,(H,81,84)/b28-26-,34-32-.